The van der Waals surface area contributed by atoms with Gasteiger partial charge >= 0.3 is 0 Å². The number of halogens is 1. The molecule has 3 heteroatoms. The van der Waals surface area contributed by atoms with Gasteiger partial charge in [-0.25, -0.2) is 0 Å². The molecule has 92 valence electrons. The first-order chi connectivity index (χ1) is 8.56. The lowest BCUT2D eigenvalue weighted by Crippen LogP contribution is -2.21. The minimum atomic E-state index is 0.539. The van der Waals surface area contributed by atoms with E-state index in [-0.39, 0.29) is 0 Å². The summed E-state index contributed by atoms with van der Waals surface area (Å²) in [6.07, 6.45) is 0. The van der Waals surface area contributed by atoms with Gasteiger partial charge in [0, 0.05) is 5.02 Å². The van der Waals surface area contributed by atoms with E-state index in [2.05, 4.69) is 25.8 Å². The molecule has 0 bridgehead atoms. The summed E-state index contributed by atoms with van der Waals surface area (Å²) in [7, 11) is 0. The summed E-state index contributed by atoms with van der Waals surface area (Å²) in [6, 6.07) is 13.9. The van der Waals surface area contributed by atoms with Crippen molar-refractivity contribution >= 4 is 23.8 Å². The normalized spacial score (nSPS) is 10.2. The van der Waals surface area contributed by atoms with Crippen molar-refractivity contribution in [1.29, 1.82) is 0 Å². The van der Waals surface area contributed by atoms with Gasteiger partial charge in [0.15, 0.2) is 6.71 Å². The van der Waals surface area contributed by atoms with Gasteiger partial charge in [-0.3, -0.25) is 0 Å². The molecule has 0 atom stereocenters. The van der Waals surface area contributed by atoms with Gasteiger partial charge in [-0.15, -0.1) is 0 Å². The van der Waals surface area contributed by atoms with E-state index in [0.29, 0.717) is 6.71 Å². The standard InChI is InChI=1S/C15H16BClO/c1-11-10-14(8-9-15(11)17)18-13-6-4-12(5-7-13)16(2)3/h4-10H,1-3H3. The molecule has 2 aromatic carbocycles. The van der Waals surface area contributed by atoms with Crippen molar-refractivity contribution in [3.05, 3.63) is 53.1 Å². The first-order valence-corrected chi connectivity index (χ1v) is 6.48. The Bertz CT molecular complexity index is 535. The highest BCUT2D eigenvalue weighted by Gasteiger charge is 2.04. The summed E-state index contributed by atoms with van der Waals surface area (Å²) < 4.78 is 5.79. The molecule has 0 aromatic heterocycles. The van der Waals surface area contributed by atoms with Gasteiger partial charge in [-0.1, -0.05) is 42.8 Å². The zero-order valence-electron chi connectivity index (χ0n) is 10.9. The minimum absolute atomic E-state index is 0.539. The number of benzene rings is 2. The van der Waals surface area contributed by atoms with E-state index in [0.717, 1.165) is 22.1 Å². The molecule has 0 unspecified atom stereocenters. The Labute approximate surface area is 114 Å². The summed E-state index contributed by atoms with van der Waals surface area (Å²) in [5.41, 5.74) is 2.34. The molecule has 0 fully saturated rings. The third-order valence-corrected chi connectivity index (χ3v) is 3.34. The van der Waals surface area contributed by atoms with Crippen molar-refractivity contribution in [1.82, 2.24) is 0 Å². The highest BCUT2D eigenvalue weighted by molar-refractivity contribution is 6.70. The Balaban J connectivity index is 2.15. The molecule has 0 aliphatic rings. The number of hydrogen-bond acceptors (Lipinski definition) is 1. The second kappa shape index (κ2) is 5.49. The lowest BCUT2D eigenvalue weighted by atomic mass is 9.49. The molecule has 2 rings (SSSR count). The van der Waals surface area contributed by atoms with Crippen molar-refractivity contribution in [3.63, 3.8) is 0 Å². The Morgan fingerprint density at radius 1 is 0.944 bits per heavy atom. The van der Waals surface area contributed by atoms with Crippen molar-refractivity contribution < 1.29 is 4.74 Å². The van der Waals surface area contributed by atoms with E-state index in [1.807, 2.05) is 37.3 Å². The van der Waals surface area contributed by atoms with Crippen LogP contribution in [-0.4, -0.2) is 6.71 Å². The van der Waals surface area contributed by atoms with Crippen LogP contribution in [0.15, 0.2) is 42.5 Å². The van der Waals surface area contributed by atoms with Crippen molar-refractivity contribution in [2.75, 3.05) is 0 Å². The Morgan fingerprint density at radius 3 is 2.11 bits per heavy atom. The number of aryl methyl sites for hydroxylation is 1. The molecule has 1 nitrogen and oxygen atoms in total. The highest BCUT2D eigenvalue weighted by Crippen LogP contribution is 2.25. The Kier molecular flexibility index (Phi) is 3.98. The molecule has 18 heavy (non-hydrogen) atoms. The molecule has 0 amide bonds. The van der Waals surface area contributed by atoms with E-state index < -0.39 is 0 Å². The zero-order chi connectivity index (χ0) is 13.1. The molecule has 0 aliphatic heterocycles. The topological polar surface area (TPSA) is 9.23 Å². The van der Waals surface area contributed by atoms with E-state index >= 15 is 0 Å². The van der Waals surface area contributed by atoms with E-state index in [1.165, 1.54) is 5.46 Å². The summed E-state index contributed by atoms with van der Waals surface area (Å²) >= 11 is 5.98. The van der Waals surface area contributed by atoms with Gasteiger partial charge in [0.2, 0.25) is 0 Å². The van der Waals surface area contributed by atoms with Crippen LogP contribution < -0.4 is 10.2 Å². The molecule has 0 saturated heterocycles. The van der Waals surface area contributed by atoms with Crippen LogP contribution in [0.4, 0.5) is 0 Å². The van der Waals surface area contributed by atoms with Crippen LogP contribution >= 0.6 is 11.6 Å². The van der Waals surface area contributed by atoms with Crippen LogP contribution in [0.3, 0.4) is 0 Å². The lowest BCUT2D eigenvalue weighted by molar-refractivity contribution is 0.482. The quantitative estimate of drug-likeness (QED) is 0.741. The van der Waals surface area contributed by atoms with Gasteiger partial charge in [0.05, 0.1) is 0 Å². The average molecular weight is 259 g/mol. The zero-order valence-corrected chi connectivity index (χ0v) is 11.7. The monoisotopic (exact) mass is 258 g/mol. The van der Waals surface area contributed by atoms with E-state index in [4.69, 9.17) is 16.3 Å². The van der Waals surface area contributed by atoms with Crippen molar-refractivity contribution in [3.8, 4) is 11.5 Å². The van der Waals surface area contributed by atoms with Crippen LogP contribution in [0.25, 0.3) is 0 Å². The van der Waals surface area contributed by atoms with Gasteiger partial charge in [-0.2, -0.15) is 0 Å². The third-order valence-electron chi connectivity index (χ3n) is 2.91. The molecule has 0 radical (unpaired) electrons. The van der Waals surface area contributed by atoms with E-state index in [1.54, 1.807) is 0 Å². The predicted octanol–water partition coefficient (Wildman–Crippen LogP) is 4.40. The van der Waals surface area contributed by atoms with Gasteiger partial charge < -0.3 is 4.74 Å². The fourth-order valence-corrected chi connectivity index (χ4v) is 1.86. The molecule has 2 aromatic rings. The van der Waals surface area contributed by atoms with Crippen molar-refractivity contribution in [2.45, 2.75) is 20.6 Å². The molecule has 0 spiro atoms. The van der Waals surface area contributed by atoms with Gasteiger partial charge in [-0.05, 0) is 42.8 Å². The number of rotatable bonds is 3. The predicted molar refractivity (Wildman–Crippen MR) is 79.8 cm³/mol. The maximum atomic E-state index is 5.98. The molecular formula is C15H16BClO. The fourth-order valence-electron chi connectivity index (χ4n) is 1.74. The summed E-state index contributed by atoms with van der Waals surface area (Å²) in [6.45, 7) is 6.87. The second-order valence-electron chi connectivity index (χ2n) is 4.74. The second-order valence-corrected chi connectivity index (χ2v) is 5.14. The molecule has 0 heterocycles. The van der Waals surface area contributed by atoms with Crippen LogP contribution in [0.5, 0.6) is 11.5 Å². The fraction of sp³-hybridized carbons (Fsp3) is 0.200. The minimum Gasteiger partial charge on any atom is -0.457 e. The smallest absolute Gasteiger partial charge is 0.169 e. The largest absolute Gasteiger partial charge is 0.457 e. The Morgan fingerprint density at radius 2 is 1.56 bits per heavy atom. The molecular weight excluding hydrogens is 242 g/mol. The molecule has 0 N–H and O–H groups in total. The Hall–Kier alpha value is -1.41. The first-order valence-electron chi connectivity index (χ1n) is 6.10. The van der Waals surface area contributed by atoms with E-state index in [9.17, 15) is 0 Å². The molecule has 0 aliphatic carbocycles. The van der Waals surface area contributed by atoms with Crippen LogP contribution in [0.2, 0.25) is 18.7 Å². The highest BCUT2D eigenvalue weighted by atomic mass is 35.5. The average Bonchev–Trinajstić information content (AvgIpc) is 2.34. The van der Waals surface area contributed by atoms with Gasteiger partial charge in [0.1, 0.15) is 11.5 Å². The lowest BCUT2D eigenvalue weighted by Gasteiger charge is -2.08. The van der Waals surface area contributed by atoms with Crippen LogP contribution in [-0.2, 0) is 0 Å². The summed E-state index contributed by atoms with van der Waals surface area (Å²) in [4.78, 5) is 0. The SMILES string of the molecule is CB(C)c1ccc(Oc2ccc(Cl)c(C)c2)cc1. The first kappa shape index (κ1) is 13.0. The molecule has 0 saturated carbocycles. The van der Waals surface area contributed by atoms with Crippen molar-refractivity contribution in [2.24, 2.45) is 0 Å². The third kappa shape index (κ3) is 3.08. The van der Waals surface area contributed by atoms with Crippen LogP contribution in [0, 0.1) is 6.92 Å². The number of hydrogen-bond donors (Lipinski definition) is 0. The van der Waals surface area contributed by atoms with Gasteiger partial charge in [0.25, 0.3) is 0 Å². The summed E-state index contributed by atoms with van der Waals surface area (Å²) in [5, 5.41) is 0.762. The summed E-state index contributed by atoms with van der Waals surface area (Å²) in [5.74, 6) is 1.66. The van der Waals surface area contributed by atoms with Crippen LogP contribution in [0.1, 0.15) is 5.56 Å². The maximum absolute atomic E-state index is 5.98. The number of ether oxygens (including phenoxy) is 1. The maximum Gasteiger partial charge on any atom is 0.169 e.